The number of rotatable bonds is 5. The Morgan fingerprint density at radius 2 is 2.15 bits per heavy atom. The summed E-state index contributed by atoms with van der Waals surface area (Å²) in [5.41, 5.74) is 6.13. The number of ether oxygens (including phenoxy) is 1. The van der Waals surface area contributed by atoms with E-state index < -0.39 is 6.04 Å². The zero-order valence-electron chi connectivity index (χ0n) is 11.3. The summed E-state index contributed by atoms with van der Waals surface area (Å²) in [6.45, 7) is 3.56. The Kier molecular flexibility index (Phi) is 4.31. The number of benzene rings is 1. The summed E-state index contributed by atoms with van der Waals surface area (Å²) in [5.74, 6) is 1.39. The SMILES string of the molecule is Cc1nc(COc2ccc(NC(=O)[C@@H](C)N)cc2)no1. The molecule has 1 aromatic carbocycles. The fourth-order valence-corrected chi connectivity index (χ4v) is 1.44. The molecular formula is C13H16N4O3. The van der Waals surface area contributed by atoms with Crippen molar-refractivity contribution in [1.29, 1.82) is 0 Å². The van der Waals surface area contributed by atoms with Crippen LogP contribution in [0.2, 0.25) is 0 Å². The monoisotopic (exact) mass is 276 g/mol. The topological polar surface area (TPSA) is 103 Å². The third kappa shape index (κ3) is 3.79. The van der Waals surface area contributed by atoms with Crippen LogP contribution in [-0.4, -0.2) is 22.1 Å². The first-order chi connectivity index (χ1) is 9.54. The molecule has 1 heterocycles. The van der Waals surface area contributed by atoms with Gasteiger partial charge in [-0.3, -0.25) is 4.79 Å². The Hall–Kier alpha value is -2.41. The van der Waals surface area contributed by atoms with Crippen molar-refractivity contribution in [3.63, 3.8) is 0 Å². The van der Waals surface area contributed by atoms with E-state index in [0.29, 0.717) is 23.2 Å². The van der Waals surface area contributed by atoms with E-state index in [-0.39, 0.29) is 12.5 Å². The lowest BCUT2D eigenvalue weighted by Crippen LogP contribution is -2.32. The largest absolute Gasteiger partial charge is 0.485 e. The molecule has 0 aliphatic heterocycles. The molecule has 1 aromatic heterocycles. The lowest BCUT2D eigenvalue weighted by Gasteiger charge is -2.08. The van der Waals surface area contributed by atoms with Crippen LogP contribution in [0, 0.1) is 6.92 Å². The summed E-state index contributed by atoms with van der Waals surface area (Å²) in [6.07, 6.45) is 0. The molecule has 0 fully saturated rings. The number of hydrogen-bond donors (Lipinski definition) is 2. The van der Waals surface area contributed by atoms with Gasteiger partial charge in [-0.25, -0.2) is 0 Å². The summed E-state index contributed by atoms with van der Waals surface area (Å²) in [4.78, 5) is 15.4. The average Bonchev–Trinajstić information content (AvgIpc) is 2.83. The average molecular weight is 276 g/mol. The predicted molar refractivity (Wildman–Crippen MR) is 72.1 cm³/mol. The summed E-state index contributed by atoms with van der Waals surface area (Å²) < 4.78 is 10.3. The molecule has 0 spiro atoms. The Bertz CT molecular complexity index is 578. The number of carbonyl (C=O) groups is 1. The second-order valence-corrected chi connectivity index (χ2v) is 4.32. The fraction of sp³-hybridized carbons (Fsp3) is 0.308. The van der Waals surface area contributed by atoms with E-state index in [1.165, 1.54) is 0 Å². The van der Waals surface area contributed by atoms with E-state index in [1.54, 1.807) is 38.1 Å². The van der Waals surface area contributed by atoms with Crippen LogP contribution < -0.4 is 15.8 Å². The number of carbonyl (C=O) groups excluding carboxylic acids is 1. The predicted octanol–water partition coefficient (Wildman–Crippen LogP) is 1.24. The smallest absolute Gasteiger partial charge is 0.240 e. The lowest BCUT2D eigenvalue weighted by atomic mass is 10.2. The highest BCUT2D eigenvalue weighted by Gasteiger charge is 2.07. The van der Waals surface area contributed by atoms with Crippen molar-refractivity contribution >= 4 is 11.6 Å². The van der Waals surface area contributed by atoms with Crippen molar-refractivity contribution in [2.24, 2.45) is 5.73 Å². The minimum atomic E-state index is -0.549. The standard InChI is InChI=1S/C13H16N4O3/c1-8(14)13(18)16-10-3-5-11(6-4-10)19-7-12-15-9(2)20-17-12/h3-6,8H,7,14H2,1-2H3,(H,16,18)/t8-/m1/s1. The fourth-order valence-electron chi connectivity index (χ4n) is 1.44. The van der Waals surface area contributed by atoms with Crippen LogP contribution in [0.4, 0.5) is 5.69 Å². The molecule has 2 rings (SSSR count). The molecule has 0 radical (unpaired) electrons. The molecule has 20 heavy (non-hydrogen) atoms. The van der Waals surface area contributed by atoms with E-state index >= 15 is 0 Å². The number of anilines is 1. The van der Waals surface area contributed by atoms with Crippen LogP contribution in [-0.2, 0) is 11.4 Å². The van der Waals surface area contributed by atoms with E-state index in [4.69, 9.17) is 15.0 Å². The number of aromatic nitrogens is 2. The van der Waals surface area contributed by atoms with E-state index in [0.717, 1.165) is 0 Å². The van der Waals surface area contributed by atoms with Gasteiger partial charge in [0.1, 0.15) is 5.75 Å². The van der Waals surface area contributed by atoms with E-state index in [9.17, 15) is 4.79 Å². The number of nitrogens with one attached hydrogen (secondary N) is 1. The molecule has 1 amide bonds. The Morgan fingerprint density at radius 1 is 1.45 bits per heavy atom. The number of aryl methyl sites for hydroxylation is 1. The third-order valence-corrected chi connectivity index (χ3v) is 2.47. The number of hydrogen-bond acceptors (Lipinski definition) is 6. The van der Waals surface area contributed by atoms with Gasteiger partial charge in [0.05, 0.1) is 6.04 Å². The number of amides is 1. The first-order valence-corrected chi connectivity index (χ1v) is 6.13. The lowest BCUT2D eigenvalue weighted by molar-refractivity contribution is -0.117. The van der Waals surface area contributed by atoms with Crippen LogP contribution in [0.1, 0.15) is 18.6 Å². The normalized spacial score (nSPS) is 11.9. The van der Waals surface area contributed by atoms with Crippen molar-refractivity contribution < 1.29 is 14.1 Å². The summed E-state index contributed by atoms with van der Waals surface area (Å²) in [7, 11) is 0. The highest BCUT2D eigenvalue weighted by atomic mass is 16.5. The van der Waals surface area contributed by atoms with Crippen molar-refractivity contribution in [3.8, 4) is 5.75 Å². The first-order valence-electron chi connectivity index (χ1n) is 6.13. The first kappa shape index (κ1) is 14.0. The third-order valence-electron chi connectivity index (χ3n) is 2.47. The van der Waals surface area contributed by atoms with Crippen molar-refractivity contribution in [1.82, 2.24) is 10.1 Å². The molecule has 0 bridgehead atoms. The molecule has 7 heteroatoms. The van der Waals surface area contributed by atoms with Crippen LogP contribution in [0.15, 0.2) is 28.8 Å². The van der Waals surface area contributed by atoms with Gasteiger partial charge in [-0.1, -0.05) is 5.16 Å². The quantitative estimate of drug-likeness (QED) is 0.851. The van der Waals surface area contributed by atoms with Gasteiger partial charge in [0.2, 0.25) is 17.6 Å². The maximum absolute atomic E-state index is 11.4. The molecule has 1 atom stereocenters. The highest BCUT2D eigenvalue weighted by Crippen LogP contribution is 2.16. The van der Waals surface area contributed by atoms with Gasteiger partial charge in [0.25, 0.3) is 0 Å². The van der Waals surface area contributed by atoms with Crippen LogP contribution >= 0.6 is 0 Å². The molecule has 2 aromatic rings. The molecule has 0 aliphatic carbocycles. The van der Waals surface area contributed by atoms with E-state index in [2.05, 4.69) is 15.5 Å². The molecule has 0 unspecified atom stereocenters. The maximum atomic E-state index is 11.4. The summed E-state index contributed by atoms with van der Waals surface area (Å²) >= 11 is 0. The molecule has 106 valence electrons. The molecule has 0 saturated carbocycles. The second kappa shape index (κ2) is 6.16. The Morgan fingerprint density at radius 3 is 2.70 bits per heavy atom. The minimum absolute atomic E-state index is 0.225. The Balaban J connectivity index is 1.89. The number of nitrogens with two attached hydrogens (primary N) is 1. The molecule has 7 nitrogen and oxygen atoms in total. The molecule has 3 N–H and O–H groups in total. The molecule has 0 saturated heterocycles. The Labute approximate surface area is 116 Å². The van der Waals surface area contributed by atoms with Crippen molar-refractivity contribution in [2.75, 3.05) is 5.32 Å². The molecular weight excluding hydrogens is 260 g/mol. The van der Waals surface area contributed by atoms with Crippen LogP contribution in [0.3, 0.4) is 0 Å². The van der Waals surface area contributed by atoms with E-state index in [1.807, 2.05) is 0 Å². The summed E-state index contributed by atoms with van der Waals surface area (Å²) in [5, 5.41) is 6.41. The number of nitrogens with zero attached hydrogens (tertiary/aromatic N) is 2. The van der Waals surface area contributed by atoms with Gasteiger partial charge in [-0.05, 0) is 31.2 Å². The van der Waals surface area contributed by atoms with Crippen LogP contribution in [0.25, 0.3) is 0 Å². The van der Waals surface area contributed by atoms with Gasteiger partial charge >= 0.3 is 0 Å². The zero-order chi connectivity index (χ0) is 14.5. The molecule has 0 aliphatic rings. The van der Waals surface area contributed by atoms with Gasteiger partial charge in [-0.15, -0.1) is 0 Å². The van der Waals surface area contributed by atoms with Gasteiger partial charge in [-0.2, -0.15) is 4.98 Å². The second-order valence-electron chi connectivity index (χ2n) is 4.32. The van der Waals surface area contributed by atoms with Gasteiger partial charge in [0.15, 0.2) is 6.61 Å². The highest BCUT2D eigenvalue weighted by molar-refractivity contribution is 5.94. The van der Waals surface area contributed by atoms with Crippen LogP contribution in [0.5, 0.6) is 5.75 Å². The maximum Gasteiger partial charge on any atom is 0.240 e. The van der Waals surface area contributed by atoms with Crippen molar-refractivity contribution in [3.05, 3.63) is 36.0 Å². The zero-order valence-corrected chi connectivity index (χ0v) is 11.3. The minimum Gasteiger partial charge on any atom is -0.485 e. The van der Waals surface area contributed by atoms with Gasteiger partial charge < -0.3 is 20.3 Å². The van der Waals surface area contributed by atoms with Crippen molar-refractivity contribution in [2.45, 2.75) is 26.5 Å². The van der Waals surface area contributed by atoms with Gasteiger partial charge in [0, 0.05) is 12.6 Å². The summed E-state index contributed by atoms with van der Waals surface area (Å²) in [6, 6.07) is 6.40.